The van der Waals surface area contributed by atoms with Gasteiger partial charge in [-0.05, 0) is 18.4 Å². The maximum Gasteiger partial charge on any atom is 0.187 e. The van der Waals surface area contributed by atoms with Crippen LogP contribution >= 0.6 is 11.8 Å². The van der Waals surface area contributed by atoms with E-state index < -0.39 is 0 Å². The van der Waals surface area contributed by atoms with Crippen molar-refractivity contribution in [3.05, 3.63) is 18.0 Å². The van der Waals surface area contributed by atoms with Crippen molar-refractivity contribution in [3.8, 4) is 0 Å². The molecular formula is C10H17N3S. The van der Waals surface area contributed by atoms with Gasteiger partial charge in [0.1, 0.15) is 0 Å². The number of rotatable bonds is 4. The lowest BCUT2D eigenvalue weighted by atomic mass is 10.1. The molecule has 0 aromatic carbocycles. The van der Waals surface area contributed by atoms with Crippen LogP contribution in [-0.4, -0.2) is 21.8 Å². The minimum Gasteiger partial charge on any atom is -0.327 e. The van der Waals surface area contributed by atoms with Gasteiger partial charge in [0.25, 0.3) is 0 Å². The summed E-state index contributed by atoms with van der Waals surface area (Å²) in [6.45, 7) is 6.23. The fourth-order valence-corrected chi connectivity index (χ4v) is 1.80. The van der Waals surface area contributed by atoms with Crippen molar-refractivity contribution < 1.29 is 0 Å². The molecule has 0 saturated carbocycles. The zero-order chi connectivity index (χ0) is 10.6. The van der Waals surface area contributed by atoms with Crippen molar-refractivity contribution in [1.82, 2.24) is 9.97 Å². The fraction of sp³-hybridized carbons (Fsp3) is 0.600. The Morgan fingerprint density at radius 1 is 1.36 bits per heavy atom. The van der Waals surface area contributed by atoms with Gasteiger partial charge in [0.05, 0.1) is 0 Å². The van der Waals surface area contributed by atoms with Gasteiger partial charge >= 0.3 is 0 Å². The van der Waals surface area contributed by atoms with E-state index in [1.165, 1.54) is 0 Å². The topological polar surface area (TPSA) is 51.8 Å². The molecule has 1 aromatic heterocycles. The van der Waals surface area contributed by atoms with E-state index in [9.17, 15) is 0 Å². The number of aromatic nitrogens is 2. The molecule has 0 aliphatic rings. The molecule has 1 atom stereocenters. The molecule has 0 spiro atoms. The molecule has 0 bridgehead atoms. The number of nitrogens with two attached hydrogens (primary N) is 1. The first-order chi connectivity index (χ1) is 6.59. The summed E-state index contributed by atoms with van der Waals surface area (Å²) >= 11 is 1.62. The van der Waals surface area contributed by atoms with Crippen LogP contribution in [0.5, 0.6) is 0 Å². The Bertz CT molecular complexity index is 271. The normalized spacial score (nSPS) is 13.2. The van der Waals surface area contributed by atoms with Gasteiger partial charge in [-0.25, -0.2) is 9.97 Å². The van der Waals surface area contributed by atoms with Gasteiger partial charge in [-0.15, -0.1) is 0 Å². The van der Waals surface area contributed by atoms with E-state index in [2.05, 4.69) is 23.8 Å². The quantitative estimate of drug-likeness (QED) is 0.610. The standard InChI is InChI=1S/C10H17N3S/c1-7(2)9(11)6-14-10-12-4-8(3)5-13-10/h4-5,7,9H,6,11H2,1-3H3. The maximum absolute atomic E-state index is 5.92. The van der Waals surface area contributed by atoms with Crippen LogP contribution in [0, 0.1) is 12.8 Å². The Morgan fingerprint density at radius 2 is 1.93 bits per heavy atom. The van der Waals surface area contributed by atoms with Crippen molar-refractivity contribution in [3.63, 3.8) is 0 Å². The van der Waals surface area contributed by atoms with Gasteiger partial charge in [-0.3, -0.25) is 0 Å². The Morgan fingerprint density at radius 3 is 2.43 bits per heavy atom. The van der Waals surface area contributed by atoms with Crippen molar-refractivity contribution in [2.45, 2.75) is 32.0 Å². The Labute approximate surface area is 89.5 Å². The molecule has 1 aromatic rings. The highest BCUT2D eigenvalue weighted by atomic mass is 32.2. The third-order valence-corrected chi connectivity index (χ3v) is 3.04. The molecule has 0 fully saturated rings. The van der Waals surface area contributed by atoms with E-state index in [0.717, 1.165) is 16.5 Å². The molecule has 1 rings (SSSR count). The average Bonchev–Trinajstić information content (AvgIpc) is 2.16. The Kier molecular flexibility index (Phi) is 4.35. The zero-order valence-corrected chi connectivity index (χ0v) is 9.71. The highest BCUT2D eigenvalue weighted by Gasteiger charge is 2.08. The molecule has 0 aliphatic heterocycles. The highest BCUT2D eigenvalue weighted by molar-refractivity contribution is 7.99. The predicted octanol–water partition coefficient (Wildman–Crippen LogP) is 1.86. The summed E-state index contributed by atoms with van der Waals surface area (Å²) in [6.07, 6.45) is 3.66. The van der Waals surface area contributed by atoms with E-state index >= 15 is 0 Å². The van der Waals surface area contributed by atoms with E-state index in [0.29, 0.717) is 5.92 Å². The maximum atomic E-state index is 5.92. The van der Waals surface area contributed by atoms with Crippen molar-refractivity contribution >= 4 is 11.8 Å². The van der Waals surface area contributed by atoms with Crippen LogP contribution in [0.2, 0.25) is 0 Å². The highest BCUT2D eigenvalue weighted by Crippen LogP contribution is 2.15. The molecule has 0 saturated heterocycles. The summed E-state index contributed by atoms with van der Waals surface area (Å²) in [5.41, 5.74) is 7.00. The summed E-state index contributed by atoms with van der Waals surface area (Å²) in [6, 6.07) is 0.213. The fourth-order valence-electron chi connectivity index (χ4n) is 0.818. The summed E-state index contributed by atoms with van der Waals surface area (Å²) in [7, 11) is 0. The molecule has 2 N–H and O–H groups in total. The van der Waals surface area contributed by atoms with Gasteiger partial charge < -0.3 is 5.73 Å². The van der Waals surface area contributed by atoms with Crippen LogP contribution in [0.25, 0.3) is 0 Å². The van der Waals surface area contributed by atoms with Gasteiger partial charge in [-0.2, -0.15) is 0 Å². The molecule has 78 valence electrons. The summed E-state index contributed by atoms with van der Waals surface area (Å²) < 4.78 is 0. The molecule has 0 radical (unpaired) electrons. The second kappa shape index (κ2) is 5.32. The summed E-state index contributed by atoms with van der Waals surface area (Å²) in [4.78, 5) is 8.41. The lowest BCUT2D eigenvalue weighted by Crippen LogP contribution is -2.28. The first-order valence-electron chi connectivity index (χ1n) is 4.76. The third-order valence-electron chi connectivity index (χ3n) is 2.02. The van der Waals surface area contributed by atoms with E-state index in [-0.39, 0.29) is 6.04 Å². The number of hydrogen-bond acceptors (Lipinski definition) is 4. The summed E-state index contributed by atoms with van der Waals surface area (Å²) in [5, 5.41) is 0.812. The van der Waals surface area contributed by atoms with Crippen LogP contribution in [0.3, 0.4) is 0 Å². The minimum atomic E-state index is 0.213. The Hall–Kier alpha value is -0.610. The van der Waals surface area contributed by atoms with Crippen LogP contribution in [0.15, 0.2) is 17.6 Å². The van der Waals surface area contributed by atoms with Crippen LogP contribution in [0.1, 0.15) is 19.4 Å². The molecule has 3 nitrogen and oxygen atoms in total. The number of thioether (sulfide) groups is 1. The largest absolute Gasteiger partial charge is 0.327 e. The molecule has 0 aliphatic carbocycles. The number of aryl methyl sites for hydroxylation is 1. The predicted molar refractivity (Wildman–Crippen MR) is 60.3 cm³/mol. The lowest BCUT2D eigenvalue weighted by Gasteiger charge is -2.13. The third kappa shape index (κ3) is 3.64. The molecule has 4 heteroatoms. The first kappa shape index (κ1) is 11.5. The van der Waals surface area contributed by atoms with Crippen LogP contribution < -0.4 is 5.73 Å². The molecule has 14 heavy (non-hydrogen) atoms. The van der Waals surface area contributed by atoms with Crippen LogP contribution in [0.4, 0.5) is 0 Å². The monoisotopic (exact) mass is 211 g/mol. The summed E-state index contributed by atoms with van der Waals surface area (Å²) in [5.74, 6) is 1.38. The molecule has 1 unspecified atom stereocenters. The van der Waals surface area contributed by atoms with Crippen LogP contribution in [-0.2, 0) is 0 Å². The molecule has 1 heterocycles. The van der Waals surface area contributed by atoms with E-state index in [1.807, 2.05) is 19.3 Å². The van der Waals surface area contributed by atoms with Gasteiger partial charge in [0.2, 0.25) is 0 Å². The first-order valence-corrected chi connectivity index (χ1v) is 5.75. The van der Waals surface area contributed by atoms with Crippen molar-refractivity contribution in [1.29, 1.82) is 0 Å². The zero-order valence-electron chi connectivity index (χ0n) is 8.90. The second-order valence-corrected chi connectivity index (χ2v) is 4.75. The number of nitrogens with zero attached hydrogens (tertiary/aromatic N) is 2. The molecule has 0 amide bonds. The number of hydrogen-bond donors (Lipinski definition) is 1. The van der Waals surface area contributed by atoms with E-state index in [1.54, 1.807) is 11.8 Å². The second-order valence-electron chi connectivity index (χ2n) is 3.76. The van der Waals surface area contributed by atoms with Gasteiger partial charge in [0.15, 0.2) is 5.16 Å². The minimum absolute atomic E-state index is 0.213. The van der Waals surface area contributed by atoms with Crippen molar-refractivity contribution in [2.24, 2.45) is 11.7 Å². The van der Waals surface area contributed by atoms with Gasteiger partial charge in [-0.1, -0.05) is 25.6 Å². The average molecular weight is 211 g/mol. The molecular weight excluding hydrogens is 194 g/mol. The Balaban J connectivity index is 2.42. The SMILES string of the molecule is Cc1cnc(SCC(N)C(C)C)nc1. The van der Waals surface area contributed by atoms with Crippen molar-refractivity contribution in [2.75, 3.05) is 5.75 Å². The van der Waals surface area contributed by atoms with E-state index in [4.69, 9.17) is 5.73 Å². The van der Waals surface area contributed by atoms with Gasteiger partial charge in [0, 0.05) is 24.2 Å². The smallest absolute Gasteiger partial charge is 0.187 e. The lowest BCUT2D eigenvalue weighted by molar-refractivity contribution is 0.535.